The van der Waals surface area contributed by atoms with Crippen molar-refractivity contribution in [2.45, 2.75) is 57.3 Å². The van der Waals surface area contributed by atoms with Crippen LogP contribution in [0.4, 0.5) is 0 Å². The van der Waals surface area contributed by atoms with Gasteiger partial charge in [0.05, 0.1) is 0 Å². The van der Waals surface area contributed by atoms with Crippen LogP contribution >= 0.6 is 22.9 Å². The highest BCUT2D eigenvalue weighted by molar-refractivity contribution is 7.11. The van der Waals surface area contributed by atoms with Crippen LogP contribution in [0.2, 0.25) is 0 Å². The van der Waals surface area contributed by atoms with Crippen molar-refractivity contribution >= 4 is 22.9 Å². The maximum atomic E-state index is 5.69. The summed E-state index contributed by atoms with van der Waals surface area (Å²) in [5.74, 6) is 0.714. The normalized spacial score (nSPS) is 19.9. The van der Waals surface area contributed by atoms with Crippen LogP contribution in [-0.2, 0) is 11.8 Å². The molecule has 1 aliphatic carbocycles. The lowest BCUT2D eigenvalue weighted by molar-refractivity contribution is 0.317. The second-order valence-electron chi connectivity index (χ2n) is 4.91. The Hall–Kier alpha value is -0.150. The first-order valence-electron chi connectivity index (χ1n) is 6.13. The molecule has 0 saturated heterocycles. The highest BCUT2D eigenvalue weighted by Crippen LogP contribution is 2.40. The third kappa shape index (κ3) is 2.75. The Balaban J connectivity index is 2.05. The van der Waals surface area contributed by atoms with Gasteiger partial charge < -0.3 is 0 Å². The quantitative estimate of drug-likeness (QED) is 0.765. The molecule has 4 heteroatoms. The number of nitrogens with zero attached hydrogens (tertiary/aromatic N) is 2. The van der Waals surface area contributed by atoms with Crippen molar-refractivity contribution in [3.05, 3.63) is 10.0 Å². The van der Waals surface area contributed by atoms with E-state index >= 15 is 0 Å². The fraction of sp³-hybridized carbons (Fsp3) is 0.833. The monoisotopic (exact) mass is 258 g/mol. The van der Waals surface area contributed by atoms with E-state index in [1.54, 1.807) is 11.3 Å². The number of hydrogen-bond acceptors (Lipinski definition) is 3. The van der Waals surface area contributed by atoms with Gasteiger partial charge in [0.2, 0.25) is 0 Å². The van der Waals surface area contributed by atoms with Gasteiger partial charge in [0.25, 0.3) is 0 Å². The van der Waals surface area contributed by atoms with Crippen LogP contribution < -0.4 is 0 Å². The van der Waals surface area contributed by atoms with Gasteiger partial charge in [0, 0.05) is 17.7 Å². The molecular formula is C12H19ClN2S. The topological polar surface area (TPSA) is 25.8 Å². The SMILES string of the molecule is CC1(c2nnc(CCCCl)s2)CCCCC1. The third-order valence-electron chi connectivity index (χ3n) is 3.46. The number of rotatable bonds is 4. The van der Waals surface area contributed by atoms with Crippen molar-refractivity contribution < 1.29 is 0 Å². The largest absolute Gasteiger partial charge is 0.144 e. The highest BCUT2D eigenvalue weighted by atomic mass is 35.5. The number of aryl methyl sites for hydroxylation is 1. The van der Waals surface area contributed by atoms with Gasteiger partial charge in [-0.05, 0) is 19.3 Å². The zero-order valence-corrected chi connectivity index (χ0v) is 11.4. The molecule has 0 aromatic carbocycles. The molecule has 1 aromatic rings. The van der Waals surface area contributed by atoms with E-state index in [2.05, 4.69) is 17.1 Å². The molecule has 0 bridgehead atoms. The summed E-state index contributed by atoms with van der Waals surface area (Å²) in [5, 5.41) is 11.1. The van der Waals surface area contributed by atoms with E-state index in [1.807, 2.05) is 0 Å². The summed E-state index contributed by atoms with van der Waals surface area (Å²) in [6.07, 6.45) is 8.60. The Morgan fingerprint density at radius 2 is 2.00 bits per heavy atom. The highest BCUT2D eigenvalue weighted by Gasteiger charge is 2.32. The maximum Gasteiger partial charge on any atom is 0.123 e. The fourth-order valence-electron chi connectivity index (χ4n) is 2.36. The molecular weight excluding hydrogens is 240 g/mol. The van der Waals surface area contributed by atoms with E-state index in [4.69, 9.17) is 11.6 Å². The van der Waals surface area contributed by atoms with E-state index < -0.39 is 0 Å². The molecule has 1 heterocycles. The zero-order valence-electron chi connectivity index (χ0n) is 9.84. The van der Waals surface area contributed by atoms with Crippen LogP contribution in [0.1, 0.15) is 55.5 Å². The van der Waals surface area contributed by atoms with Gasteiger partial charge in [0.1, 0.15) is 10.0 Å². The van der Waals surface area contributed by atoms with Gasteiger partial charge in [0.15, 0.2) is 0 Å². The lowest BCUT2D eigenvalue weighted by Crippen LogP contribution is -2.24. The maximum absolute atomic E-state index is 5.69. The summed E-state index contributed by atoms with van der Waals surface area (Å²) in [6, 6.07) is 0. The van der Waals surface area contributed by atoms with Crippen LogP contribution in [0.3, 0.4) is 0 Å². The van der Waals surface area contributed by atoms with Crippen LogP contribution in [-0.4, -0.2) is 16.1 Å². The molecule has 1 saturated carbocycles. The molecule has 2 nitrogen and oxygen atoms in total. The molecule has 0 radical (unpaired) electrons. The summed E-state index contributed by atoms with van der Waals surface area (Å²) >= 11 is 7.49. The van der Waals surface area contributed by atoms with Gasteiger partial charge in [-0.25, -0.2) is 0 Å². The molecule has 1 fully saturated rings. The molecule has 0 unspecified atom stereocenters. The molecule has 16 heavy (non-hydrogen) atoms. The smallest absolute Gasteiger partial charge is 0.123 e. The van der Waals surface area contributed by atoms with Gasteiger partial charge in [-0.3, -0.25) is 0 Å². The van der Waals surface area contributed by atoms with E-state index in [0.29, 0.717) is 11.3 Å². The number of aromatic nitrogens is 2. The zero-order chi connectivity index (χ0) is 11.4. The fourth-order valence-corrected chi connectivity index (χ4v) is 3.58. The van der Waals surface area contributed by atoms with Crippen LogP contribution in [0, 0.1) is 0 Å². The first-order valence-corrected chi connectivity index (χ1v) is 7.48. The second-order valence-corrected chi connectivity index (χ2v) is 6.35. The summed E-state index contributed by atoms with van der Waals surface area (Å²) in [4.78, 5) is 0. The van der Waals surface area contributed by atoms with E-state index in [0.717, 1.165) is 17.8 Å². The average molecular weight is 259 g/mol. The molecule has 2 rings (SSSR count). The van der Waals surface area contributed by atoms with Crippen LogP contribution in [0.25, 0.3) is 0 Å². The van der Waals surface area contributed by atoms with Crippen LogP contribution in [0.15, 0.2) is 0 Å². The van der Waals surface area contributed by atoms with Crippen molar-refractivity contribution in [2.24, 2.45) is 0 Å². The van der Waals surface area contributed by atoms with Gasteiger partial charge in [-0.2, -0.15) is 0 Å². The lowest BCUT2D eigenvalue weighted by atomic mass is 9.76. The van der Waals surface area contributed by atoms with Gasteiger partial charge in [-0.1, -0.05) is 26.2 Å². The standard InChI is InChI=1S/C12H19ClN2S/c1-12(7-3-2-4-8-12)11-15-14-10(16-11)6-5-9-13/h2-9H2,1H3. The molecule has 0 spiro atoms. The minimum absolute atomic E-state index is 0.301. The average Bonchev–Trinajstić information content (AvgIpc) is 2.77. The van der Waals surface area contributed by atoms with Crippen molar-refractivity contribution in [1.29, 1.82) is 0 Å². The van der Waals surface area contributed by atoms with Crippen molar-refractivity contribution in [3.8, 4) is 0 Å². The molecule has 1 aliphatic rings. The first-order chi connectivity index (χ1) is 7.74. The predicted octanol–water partition coefficient (Wildman–Crippen LogP) is 3.93. The Bertz CT molecular complexity index is 332. The minimum atomic E-state index is 0.301. The van der Waals surface area contributed by atoms with Crippen LogP contribution in [0.5, 0.6) is 0 Å². The molecule has 1 aromatic heterocycles. The molecule has 0 aliphatic heterocycles. The second kappa shape index (κ2) is 5.46. The predicted molar refractivity (Wildman–Crippen MR) is 69.4 cm³/mol. The molecule has 90 valence electrons. The van der Waals surface area contributed by atoms with E-state index in [9.17, 15) is 0 Å². The Kier molecular flexibility index (Phi) is 4.20. The summed E-state index contributed by atoms with van der Waals surface area (Å²) in [7, 11) is 0. The van der Waals surface area contributed by atoms with Gasteiger partial charge >= 0.3 is 0 Å². The molecule has 0 N–H and O–H groups in total. The Morgan fingerprint density at radius 3 is 2.69 bits per heavy atom. The molecule has 0 atom stereocenters. The van der Waals surface area contributed by atoms with Crippen molar-refractivity contribution in [1.82, 2.24) is 10.2 Å². The molecule has 0 amide bonds. The van der Waals surface area contributed by atoms with Crippen molar-refractivity contribution in [2.75, 3.05) is 5.88 Å². The number of alkyl halides is 1. The Labute approximate surface area is 106 Å². The van der Waals surface area contributed by atoms with Crippen molar-refractivity contribution in [3.63, 3.8) is 0 Å². The van der Waals surface area contributed by atoms with E-state index in [1.165, 1.54) is 37.1 Å². The number of halogens is 1. The summed E-state index contributed by atoms with van der Waals surface area (Å²) in [5.41, 5.74) is 0.301. The Morgan fingerprint density at radius 1 is 1.25 bits per heavy atom. The summed E-state index contributed by atoms with van der Waals surface area (Å²) in [6.45, 7) is 2.35. The third-order valence-corrected chi connectivity index (χ3v) is 5.02. The van der Waals surface area contributed by atoms with Gasteiger partial charge in [-0.15, -0.1) is 33.1 Å². The summed E-state index contributed by atoms with van der Waals surface area (Å²) < 4.78 is 0. The minimum Gasteiger partial charge on any atom is -0.144 e. The number of hydrogen-bond donors (Lipinski definition) is 0. The van der Waals surface area contributed by atoms with E-state index in [-0.39, 0.29) is 0 Å². The first kappa shape index (κ1) is 12.3. The lowest BCUT2D eigenvalue weighted by Gasteiger charge is -2.30.